The van der Waals surface area contributed by atoms with Gasteiger partial charge in [0.25, 0.3) is 0 Å². The topological polar surface area (TPSA) is 95.9 Å². The molecule has 0 heterocycles. The van der Waals surface area contributed by atoms with Crippen molar-refractivity contribution in [2.75, 3.05) is 20.2 Å². The summed E-state index contributed by atoms with van der Waals surface area (Å²) in [5, 5.41) is 12.1. The molecule has 0 saturated carbocycles. The average molecular weight is 385 g/mol. The second-order valence-corrected chi connectivity index (χ2v) is 6.06. The molecule has 0 fully saturated rings. The highest BCUT2D eigenvalue weighted by molar-refractivity contribution is 6.32. The van der Waals surface area contributed by atoms with Crippen LogP contribution in [0.2, 0.25) is 5.02 Å². The van der Waals surface area contributed by atoms with Crippen LogP contribution < -0.4 is 10.1 Å². The highest BCUT2D eigenvalue weighted by atomic mass is 35.5. The lowest BCUT2D eigenvalue weighted by atomic mass is 10.1. The van der Waals surface area contributed by atoms with Crippen LogP contribution in [0, 0.1) is 0 Å². The highest BCUT2D eigenvalue weighted by Gasteiger charge is 2.23. The van der Waals surface area contributed by atoms with E-state index in [1.807, 2.05) is 13.8 Å². The van der Waals surface area contributed by atoms with Crippen LogP contribution in [0.5, 0.6) is 5.75 Å². The van der Waals surface area contributed by atoms with Gasteiger partial charge in [0.1, 0.15) is 5.75 Å². The Kier molecular flexibility index (Phi) is 8.92. The van der Waals surface area contributed by atoms with Gasteiger partial charge in [-0.05, 0) is 38.0 Å². The Labute approximate surface area is 158 Å². The molecule has 0 radical (unpaired) electrons. The zero-order chi connectivity index (χ0) is 19.7. The molecule has 7 nitrogen and oxygen atoms in total. The Balaban J connectivity index is 2.65. The zero-order valence-corrected chi connectivity index (χ0v) is 16.0. The van der Waals surface area contributed by atoms with E-state index < -0.39 is 17.9 Å². The highest BCUT2D eigenvalue weighted by Crippen LogP contribution is 2.27. The molecule has 0 spiro atoms. The molecular formula is C18H25ClN2O5. The van der Waals surface area contributed by atoms with Crippen LogP contribution in [-0.4, -0.2) is 48.0 Å². The van der Waals surface area contributed by atoms with Crippen LogP contribution in [0.25, 0.3) is 0 Å². The molecule has 2 N–H and O–H groups in total. The number of carboxylic acid groups (broad SMARTS) is 1. The van der Waals surface area contributed by atoms with Gasteiger partial charge in [0.15, 0.2) is 6.04 Å². The summed E-state index contributed by atoms with van der Waals surface area (Å²) < 4.78 is 5.03. The molecule has 0 aromatic heterocycles. The number of carboxylic acids is 1. The molecule has 2 amide bonds. The third-order valence-corrected chi connectivity index (χ3v) is 4.27. The third-order valence-electron chi connectivity index (χ3n) is 3.97. The molecular weight excluding hydrogens is 360 g/mol. The van der Waals surface area contributed by atoms with Crippen molar-refractivity contribution >= 4 is 29.4 Å². The van der Waals surface area contributed by atoms with Crippen LogP contribution in [0.3, 0.4) is 0 Å². The van der Waals surface area contributed by atoms with E-state index >= 15 is 0 Å². The summed E-state index contributed by atoms with van der Waals surface area (Å²) in [6, 6.07) is 3.31. The SMILES string of the molecule is CCN(CC)C(=O)CCCC(=O)NC(C(=O)O)c1ccc(OC)c(Cl)c1. The average Bonchev–Trinajstić information content (AvgIpc) is 2.60. The molecule has 1 aromatic rings. The van der Waals surface area contributed by atoms with Gasteiger partial charge in [0.2, 0.25) is 11.8 Å². The molecule has 0 aliphatic heterocycles. The fourth-order valence-corrected chi connectivity index (χ4v) is 2.78. The summed E-state index contributed by atoms with van der Waals surface area (Å²) in [6.07, 6.45) is 0.679. The van der Waals surface area contributed by atoms with Gasteiger partial charge in [0, 0.05) is 25.9 Å². The van der Waals surface area contributed by atoms with Gasteiger partial charge in [-0.25, -0.2) is 4.79 Å². The summed E-state index contributed by atoms with van der Waals surface area (Å²) in [7, 11) is 1.46. The number of carbonyl (C=O) groups excluding carboxylic acids is 2. The first-order chi connectivity index (χ1) is 12.3. The number of hydrogen-bond donors (Lipinski definition) is 2. The van der Waals surface area contributed by atoms with Crippen molar-refractivity contribution in [1.29, 1.82) is 0 Å². The molecule has 1 aromatic carbocycles. The lowest BCUT2D eigenvalue weighted by Gasteiger charge is -2.19. The molecule has 1 unspecified atom stereocenters. The minimum Gasteiger partial charge on any atom is -0.495 e. The monoisotopic (exact) mass is 384 g/mol. The number of carbonyl (C=O) groups is 3. The number of methoxy groups -OCH3 is 1. The standard InChI is InChI=1S/C18H25ClN2O5/c1-4-21(5-2)16(23)8-6-7-15(22)20-17(18(24)25)12-9-10-14(26-3)13(19)11-12/h9-11,17H,4-8H2,1-3H3,(H,20,22)(H,24,25). The molecule has 0 aliphatic rings. The maximum atomic E-state index is 12.1. The molecule has 1 atom stereocenters. The summed E-state index contributed by atoms with van der Waals surface area (Å²) in [5.74, 6) is -1.23. The number of aliphatic carboxylic acids is 1. The van der Waals surface area contributed by atoms with Crippen molar-refractivity contribution in [1.82, 2.24) is 10.2 Å². The summed E-state index contributed by atoms with van der Waals surface area (Å²) >= 11 is 6.02. The Hall–Kier alpha value is -2.28. The van der Waals surface area contributed by atoms with Gasteiger partial charge in [0.05, 0.1) is 12.1 Å². The number of nitrogens with one attached hydrogen (secondary N) is 1. The predicted octanol–water partition coefficient (Wildman–Crippen LogP) is 2.63. The van der Waals surface area contributed by atoms with E-state index in [-0.39, 0.29) is 23.8 Å². The van der Waals surface area contributed by atoms with Crippen molar-refractivity contribution in [3.8, 4) is 5.75 Å². The Morgan fingerprint density at radius 2 is 1.88 bits per heavy atom. The van der Waals surface area contributed by atoms with Gasteiger partial charge in [-0.15, -0.1) is 0 Å². The fraction of sp³-hybridized carbons (Fsp3) is 0.500. The first kappa shape index (κ1) is 21.8. The van der Waals surface area contributed by atoms with Crippen LogP contribution >= 0.6 is 11.6 Å². The van der Waals surface area contributed by atoms with Gasteiger partial charge in [-0.3, -0.25) is 9.59 Å². The lowest BCUT2D eigenvalue weighted by molar-refractivity contribution is -0.142. The Morgan fingerprint density at radius 1 is 1.23 bits per heavy atom. The largest absolute Gasteiger partial charge is 0.495 e. The number of nitrogens with zero attached hydrogens (tertiary/aromatic N) is 1. The Morgan fingerprint density at radius 3 is 2.38 bits per heavy atom. The maximum Gasteiger partial charge on any atom is 0.330 e. The van der Waals surface area contributed by atoms with Crippen LogP contribution in [0.1, 0.15) is 44.7 Å². The minimum absolute atomic E-state index is 0.0143. The van der Waals surface area contributed by atoms with Crippen molar-refractivity contribution < 1.29 is 24.2 Å². The number of amides is 2. The quantitative estimate of drug-likeness (QED) is 0.646. The van der Waals surface area contributed by atoms with E-state index in [0.29, 0.717) is 30.8 Å². The molecule has 0 saturated heterocycles. The summed E-state index contributed by atoms with van der Waals surface area (Å²) in [4.78, 5) is 37.2. The third kappa shape index (κ3) is 6.22. The first-order valence-corrected chi connectivity index (χ1v) is 8.85. The minimum atomic E-state index is -1.22. The molecule has 0 aliphatic carbocycles. The van der Waals surface area contributed by atoms with Gasteiger partial charge in [-0.1, -0.05) is 17.7 Å². The van der Waals surface area contributed by atoms with E-state index in [1.54, 1.807) is 11.0 Å². The van der Waals surface area contributed by atoms with Gasteiger partial charge in [-0.2, -0.15) is 0 Å². The Bertz CT molecular complexity index is 646. The van der Waals surface area contributed by atoms with E-state index in [2.05, 4.69) is 5.32 Å². The van der Waals surface area contributed by atoms with E-state index in [4.69, 9.17) is 16.3 Å². The summed E-state index contributed by atoms with van der Waals surface area (Å²) in [6.45, 7) is 5.04. The smallest absolute Gasteiger partial charge is 0.330 e. The van der Waals surface area contributed by atoms with Crippen LogP contribution in [0.15, 0.2) is 18.2 Å². The predicted molar refractivity (Wildman–Crippen MR) is 98.3 cm³/mol. The number of hydrogen-bond acceptors (Lipinski definition) is 4. The number of halogens is 1. The normalized spacial score (nSPS) is 11.5. The summed E-state index contributed by atoms with van der Waals surface area (Å²) in [5.41, 5.74) is 0.343. The van der Waals surface area contributed by atoms with E-state index in [1.165, 1.54) is 19.2 Å². The molecule has 1 rings (SSSR count). The van der Waals surface area contributed by atoms with E-state index in [9.17, 15) is 19.5 Å². The van der Waals surface area contributed by atoms with Crippen molar-refractivity contribution in [2.45, 2.75) is 39.2 Å². The van der Waals surface area contributed by atoms with Crippen molar-refractivity contribution in [3.05, 3.63) is 28.8 Å². The lowest BCUT2D eigenvalue weighted by Crippen LogP contribution is -2.34. The molecule has 26 heavy (non-hydrogen) atoms. The first-order valence-electron chi connectivity index (χ1n) is 8.47. The number of rotatable bonds is 10. The number of benzene rings is 1. The zero-order valence-electron chi connectivity index (χ0n) is 15.3. The second kappa shape index (κ2) is 10.7. The second-order valence-electron chi connectivity index (χ2n) is 5.65. The van der Waals surface area contributed by atoms with Crippen molar-refractivity contribution in [2.24, 2.45) is 0 Å². The van der Waals surface area contributed by atoms with Crippen molar-refractivity contribution in [3.63, 3.8) is 0 Å². The fourth-order valence-electron chi connectivity index (χ4n) is 2.52. The van der Waals surface area contributed by atoms with E-state index in [0.717, 1.165) is 0 Å². The van der Waals surface area contributed by atoms with Crippen LogP contribution in [-0.2, 0) is 14.4 Å². The number of ether oxygens (including phenoxy) is 1. The molecule has 0 bridgehead atoms. The maximum absolute atomic E-state index is 12.1. The molecule has 8 heteroatoms. The van der Waals surface area contributed by atoms with Crippen LogP contribution in [0.4, 0.5) is 0 Å². The van der Waals surface area contributed by atoms with Gasteiger partial charge < -0.3 is 20.1 Å². The van der Waals surface area contributed by atoms with Gasteiger partial charge >= 0.3 is 5.97 Å². The molecule has 144 valence electrons.